The topological polar surface area (TPSA) is 15.3 Å². The van der Waals surface area contributed by atoms with E-state index in [4.69, 9.17) is 0 Å². The number of rotatable bonds is 3. The number of benzene rings is 1. The first-order valence-corrected chi connectivity index (χ1v) is 7.43. The quantitative estimate of drug-likeness (QED) is 0.915. The molecule has 0 aromatic heterocycles. The summed E-state index contributed by atoms with van der Waals surface area (Å²) in [4.78, 5) is 1.76. The van der Waals surface area contributed by atoms with Gasteiger partial charge in [-0.1, -0.05) is 20.8 Å². The molecule has 2 nitrogen and oxygen atoms in total. The second kappa shape index (κ2) is 5.87. The number of hydrogen-bond acceptors (Lipinski definition) is 2. The molecule has 2 unspecified atom stereocenters. The van der Waals surface area contributed by atoms with Gasteiger partial charge in [0.2, 0.25) is 0 Å². The second-order valence-corrected chi connectivity index (χ2v) is 6.45. The van der Waals surface area contributed by atoms with Gasteiger partial charge < -0.3 is 10.2 Å². The Kier molecular flexibility index (Phi) is 4.51. The highest BCUT2D eigenvalue weighted by molar-refractivity contribution is 5.51. The molecule has 0 saturated carbocycles. The molecule has 1 aliphatic heterocycles. The van der Waals surface area contributed by atoms with Gasteiger partial charge in [0, 0.05) is 36.8 Å². The lowest BCUT2D eigenvalue weighted by Gasteiger charge is -2.48. The molecule has 21 heavy (non-hydrogen) atoms. The van der Waals surface area contributed by atoms with E-state index in [-0.39, 0.29) is 23.2 Å². The molecule has 1 aromatic rings. The second-order valence-electron chi connectivity index (χ2n) is 6.45. The fourth-order valence-electron chi connectivity index (χ4n) is 2.90. The van der Waals surface area contributed by atoms with Gasteiger partial charge in [0.05, 0.1) is 0 Å². The average molecular weight is 300 g/mol. The number of nitrogens with zero attached hydrogens (tertiary/aromatic N) is 1. The summed E-state index contributed by atoms with van der Waals surface area (Å²) >= 11 is 0. The van der Waals surface area contributed by atoms with Crippen LogP contribution in [0.15, 0.2) is 12.1 Å². The summed E-state index contributed by atoms with van der Waals surface area (Å²) in [6.07, 6.45) is 0.846. The predicted molar refractivity (Wildman–Crippen MR) is 79.0 cm³/mol. The van der Waals surface area contributed by atoms with Crippen LogP contribution in [0.3, 0.4) is 0 Å². The molecular formula is C16H23F3N2. The molecule has 2 rings (SSSR count). The molecular weight excluding hydrogens is 277 g/mol. The molecule has 1 fully saturated rings. The van der Waals surface area contributed by atoms with Crippen molar-refractivity contribution < 1.29 is 13.2 Å². The minimum absolute atomic E-state index is 0.0286. The van der Waals surface area contributed by atoms with Crippen LogP contribution in [0, 0.1) is 23.4 Å². The Labute approximate surface area is 124 Å². The molecule has 0 amide bonds. The summed E-state index contributed by atoms with van der Waals surface area (Å²) in [5, 5.41) is 3.47. The van der Waals surface area contributed by atoms with Crippen molar-refractivity contribution in [3.8, 4) is 0 Å². The Morgan fingerprint density at radius 3 is 2.33 bits per heavy atom. The van der Waals surface area contributed by atoms with Crippen LogP contribution < -0.4 is 10.2 Å². The number of piperazine rings is 1. The standard InChI is InChI=1S/C16H23F3N2/c1-5-16(4)9-21(14(8-20-16)10(2)3)15-12(18)6-11(17)7-13(15)19/h6-7,10,14,20H,5,8-9H2,1-4H3. The van der Waals surface area contributed by atoms with E-state index in [0.29, 0.717) is 13.1 Å². The fraction of sp³-hybridized carbons (Fsp3) is 0.625. The van der Waals surface area contributed by atoms with E-state index < -0.39 is 17.5 Å². The van der Waals surface area contributed by atoms with E-state index in [1.807, 2.05) is 27.7 Å². The lowest BCUT2D eigenvalue weighted by molar-refractivity contribution is 0.250. The van der Waals surface area contributed by atoms with Crippen molar-refractivity contribution in [2.24, 2.45) is 5.92 Å². The van der Waals surface area contributed by atoms with Gasteiger partial charge in [-0.2, -0.15) is 0 Å². The van der Waals surface area contributed by atoms with Gasteiger partial charge in [-0.15, -0.1) is 0 Å². The van der Waals surface area contributed by atoms with Crippen molar-refractivity contribution >= 4 is 5.69 Å². The molecule has 0 radical (unpaired) electrons. The van der Waals surface area contributed by atoms with Gasteiger partial charge in [0.1, 0.15) is 11.5 Å². The summed E-state index contributed by atoms with van der Waals surface area (Å²) in [7, 11) is 0. The Morgan fingerprint density at radius 2 is 1.86 bits per heavy atom. The van der Waals surface area contributed by atoms with Gasteiger partial charge in [0.15, 0.2) is 11.6 Å². The van der Waals surface area contributed by atoms with E-state index >= 15 is 0 Å². The number of anilines is 1. The molecule has 2 atom stereocenters. The molecule has 1 heterocycles. The van der Waals surface area contributed by atoms with Crippen molar-refractivity contribution in [2.45, 2.75) is 45.7 Å². The maximum Gasteiger partial charge on any atom is 0.152 e. The van der Waals surface area contributed by atoms with Crippen molar-refractivity contribution in [2.75, 3.05) is 18.0 Å². The molecule has 1 aliphatic rings. The fourth-order valence-corrected chi connectivity index (χ4v) is 2.90. The number of nitrogens with one attached hydrogen (secondary N) is 1. The van der Waals surface area contributed by atoms with Crippen molar-refractivity contribution in [1.82, 2.24) is 5.32 Å². The van der Waals surface area contributed by atoms with Gasteiger partial charge >= 0.3 is 0 Å². The average Bonchev–Trinajstić information content (AvgIpc) is 2.37. The summed E-state index contributed by atoms with van der Waals surface area (Å²) in [5.74, 6) is -2.33. The lowest BCUT2D eigenvalue weighted by atomic mass is 9.89. The van der Waals surface area contributed by atoms with Crippen LogP contribution in [0.1, 0.15) is 34.1 Å². The molecule has 0 spiro atoms. The lowest BCUT2D eigenvalue weighted by Crippen LogP contribution is -2.64. The molecule has 1 aromatic carbocycles. The van der Waals surface area contributed by atoms with Crippen molar-refractivity contribution in [3.05, 3.63) is 29.6 Å². The summed E-state index contributed by atoms with van der Waals surface area (Å²) in [5.41, 5.74) is -0.324. The smallest absolute Gasteiger partial charge is 0.152 e. The Bertz CT molecular complexity index is 495. The first kappa shape index (κ1) is 16.1. The van der Waals surface area contributed by atoms with Crippen LogP contribution >= 0.6 is 0 Å². The predicted octanol–water partition coefficient (Wildman–Crippen LogP) is 3.71. The van der Waals surface area contributed by atoms with Gasteiger partial charge in [-0.05, 0) is 19.3 Å². The zero-order chi connectivity index (χ0) is 15.8. The first-order chi connectivity index (χ1) is 9.77. The third-order valence-electron chi connectivity index (χ3n) is 4.48. The zero-order valence-corrected chi connectivity index (χ0v) is 13.0. The van der Waals surface area contributed by atoms with Crippen LogP contribution in [-0.4, -0.2) is 24.7 Å². The maximum atomic E-state index is 14.1. The monoisotopic (exact) mass is 300 g/mol. The highest BCUT2D eigenvalue weighted by Gasteiger charge is 2.38. The SMILES string of the molecule is CCC1(C)CN(c2c(F)cc(F)cc2F)C(C(C)C)CN1. The van der Waals surface area contributed by atoms with Crippen molar-refractivity contribution in [1.29, 1.82) is 0 Å². The van der Waals surface area contributed by atoms with Gasteiger partial charge in [-0.25, -0.2) is 13.2 Å². The normalized spacial score (nSPS) is 26.5. The highest BCUT2D eigenvalue weighted by Crippen LogP contribution is 2.32. The van der Waals surface area contributed by atoms with Crippen LogP contribution in [0.5, 0.6) is 0 Å². The van der Waals surface area contributed by atoms with Crippen molar-refractivity contribution in [3.63, 3.8) is 0 Å². The first-order valence-electron chi connectivity index (χ1n) is 7.43. The van der Waals surface area contributed by atoms with Crippen LogP contribution in [0.25, 0.3) is 0 Å². The summed E-state index contributed by atoms with van der Waals surface area (Å²) in [6.45, 7) is 9.26. The zero-order valence-electron chi connectivity index (χ0n) is 13.0. The Hall–Kier alpha value is -1.23. The van der Waals surface area contributed by atoms with E-state index in [1.165, 1.54) is 0 Å². The molecule has 1 saturated heterocycles. The summed E-state index contributed by atoms with van der Waals surface area (Å²) < 4.78 is 41.4. The van der Waals surface area contributed by atoms with Gasteiger partial charge in [0.25, 0.3) is 0 Å². The van der Waals surface area contributed by atoms with Gasteiger partial charge in [-0.3, -0.25) is 0 Å². The number of hydrogen-bond donors (Lipinski definition) is 1. The van der Waals surface area contributed by atoms with E-state index in [1.54, 1.807) is 4.90 Å². The molecule has 1 N–H and O–H groups in total. The third kappa shape index (κ3) is 3.18. The van der Waals surface area contributed by atoms with Crippen LogP contribution in [-0.2, 0) is 0 Å². The Morgan fingerprint density at radius 1 is 1.29 bits per heavy atom. The summed E-state index contributed by atoms with van der Waals surface area (Å²) in [6, 6.07) is 1.47. The molecule has 0 bridgehead atoms. The highest BCUT2D eigenvalue weighted by atomic mass is 19.1. The maximum absolute atomic E-state index is 14.1. The molecule has 0 aliphatic carbocycles. The van der Waals surface area contributed by atoms with E-state index in [2.05, 4.69) is 5.32 Å². The van der Waals surface area contributed by atoms with E-state index in [0.717, 1.165) is 18.6 Å². The van der Waals surface area contributed by atoms with Crippen LogP contribution in [0.4, 0.5) is 18.9 Å². The third-order valence-corrected chi connectivity index (χ3v) is 4.48. The Balaban J connectivity index is 2.45. The minimum Gasteiger partial charge on any atom is -0.360 e. The molecule has 5 heteroatoms. The largest absolute Gasteiger partial charge is 0.360 e. The van der Waals surface area contributed by atoms with E-state index in [9.17, 15) is 13.2 Å². The van der Waals surface area contributed by atoms with Crippen LogP contribution in [0.2, 0.25) is 0 Å². The molecule has 118 valence electrons. The number of halogens is 3. The minimum atomic E-state index is -0.886.